The molecule has 0 saturated heterocycles. The molecule has 0 bridgehead atoms. The van der Waals surface area contributed by atoms with Gasteiger partial charge in [-0.05, 0) is 41.8 Å². The number of anilines is 1. The van der Waals surface area contributed by atoms with Crippen molar-refractivity contribution in [1.82, 2.24) is 4.98 Å². The molecule has 1 aliphatic carbocycles. The lowest BCUT2D eigenvalue weighted by Crippen LogP contribution is -2.29. The molecule has 0 aliphatic heterocycles. The smallest absolute Gasteiger partial charge is 0.337 e. The van der Waals surface area contributed by atoms with Crippen LogP contribution in [0.15, 0.2) is 42.6 Å². The number of aromatic carboxylic acids is 1. The molecule has 0 radical (unpaired) electrons. The molecule has 1 aromatic heterocycles. The highest BCUT2D eigenvalue weighted by molar-refractivity contribution is 6.03. The molecule has 0 spiro atoms. The van der Waals surface area contributed by atoms with Crippen LogP contribution in [0.1, 0.15) is 65.2 Å². The van der Waals surface area contributed by atoms with E-state index in [4.69, 9.17) is 5.11 Å². The molecule has 2 N–H and O–H groups in total. The van der Waals surface area contributed by atoms with E-state index < -0.39 is 5.97 Å². The van der Waals surface area contributed by atoms with Gasteiger partial charge in [0, 0.05) is 22.7 Å². The molecule has 5 nitrogen and oxygen atoms in total. The Labute approximate surface area is 159 Å². The lowest BCUT2D eigenvalue weighted by atomic mass is 9.67. The number of carboxylic acid groups (broad SMARTS) is 1. The highest BCUT2D eigenvalue weighted by Crippen LogP contribution is 2.43. The van der Waals surface area contributed by atoms with Crippen molar-refractivity contribution >= 4 is 17.6 Å². The standard InChI is InChI=1S/C22H24N2O3/c1-13-10-15-16(22(4,5)9-8-21(15,2)3)11-18(13)24-19(25)17-7-6-14(12-23-17)20(26)27/h6-12H,1-5H3,(H,24,25)(H,26,27). The van der Waals surface area contributed by atoms with Gasteiger partial charge in [0.1, 0.15) is 5.69 Å². The van der Waals surface area contributed by atoms with Crippen LogP contribution in [0.3, 0.4) is 0 Å². The van der Waals surface area contributed by atoms with Crippen molar-refractivity contribution in [3.8, 4) is 0 Å². The molecule has 0 unspecified atom stereocenters. The summed E-state index contributed by atoms with van der Waals surface area (Å²) in [5.41, 5.74) is 4.19. The molecule has 1 amide bonds. The van der Waals surface area contributed by atoms with Crippen molar-refractivity contribution < 1.29 is 14.7 Å². The van der Waals surface area contributed by atoms with Crippen LogP contribution in [0.2, 0.25) is 0 Å². The Morgan fingerprint density at radius 1 is 1.00 bits per heavy atom. The molecule has 1 aliphatic rings. The molecular formula is C22H24N2O3. The maximum absolute atomic E-state index is 12.6. The first kappa shape index (κ1) is 18.8. The monoisotopic (exact) mass is 364 g/mol. The predicted molar refractivity (Wildman–Crippen MR) is 106 cm³/mol. The highest BCUT2D eigenvalue weighted by atomic mass is 16.4. The number of amides is 1. The van der Waals surface area contributed by atoms with Crippen molar-refractivity contribution in [2.75, 3.05) is 5.32 Å². The number of fused-ring (bicyclic) bond motifs is 1. The van der Waals surface area contributed by atoms with Gasteiger partial charge in [-0.1, -0.05) is 45.9 Å². The summed E-state index contributed by atoms with van der Waals surface area (Å²) in [6.45, 7) is 10.7. The van der Waals surface area contributed by atoms with Gasteiger partial charge in [0.05, 0.1) is 5.56 Å². The van der Waals surface area contributed by atoms with E-state index in [0.29, 0.717) is 0 Å². The van der Waals surface area contributed by atoms with Crippen molar-refractivity contribution in [3.63, 3.8) is 0 Å². The summed E-state index contributed by atoms with van der Waals surface area (Å²) in [6, 6.07) is 6.97. The molecule has 0 atom stereocenters. The van der Waals surface area contributed by atoms with Crippen LogP contribution in [0.5, 0.6) is 0 Å². The summed E-state index contributed by atoms with van der Waals surface area (Å²) in [5, 5.41) is 11.9. The average Bonchev–Trinajstić information content (AvgIpc) is 2.60. The van der Waals surface area contributed by atoms with E-state index in [0.717, 1.165) is 11.3 Å². The van der Waals surface area contributed by atoms with Crippen LogP contribution < -0.4 is 5.32 Å². The largest absolute Gasteiger partial charge is 0.478 e. The molecule has 3 rings (SSSR count). The summed E-state index contributed by atoms with van der Waals surface area (Å²) in [7, 11) is 0. The first-order valence-electron chi connectivity index (χ1n) is 8.88. The topological polar surface area (TPSA) is 79.3 Å². The molecule has 0 fully saturated rings. The number of rotatable bonds is 3. The number of pyridine rings is 1. The van der Waals surface area contributed by atoms with E-state index in [1.54, 1.807) is 0 Å². The average molecular weight is 364 g/mol. The number of aryl methyl sites for hydroxylation is 1. The van der Waals surface area contributed by atoms with Gasteiger partial charge in [-0.3, -0.25) is 9.78 Å². The molecule has 5 heteroatoms. The third-order valence-corrected chi connectivity index (χ3v) is 5.16. The Balaban J connectivity index is 1.94. The van der Waals surface area contributed by atoms with E-state index >= 15 is 0 Å². The SMILES string of the molecule is Cc1cc2c(cc1NC(=O)c1ccc(C(=O)O)cn1)C(C)(C)C=CC2(C)C. The quantitative estimate of drug-likeness (QED) is 0.788. The highest BCUT2D eigenvalue weighted by Gasteiger charge is 2.33. The normalized spacial score (nSPS) is 16.5. The summed E-state index contributed by atoms with van der Waals surface area (Å²) >= 11 is 0. The van der Waals surface area contributed by atoms with Gasteiger partial charge in [-0.15, -0.1) is 0 Å². The van der Waals surface area contributed by atoms with Gasteiger partial charge < -0.3 is 10.4 Å². The summed E-state index contributed by atoms with van der Waals surface area (Å²) in [5.74, 6) is -1.43. The second kappa shape index (κ2) is 6.34. The third-order valence-electron chi connectivity index (χ3n) is 5.16. The number of hydrogen-bond acceptors (Lipinski definition) is 3. The maximum atomic E-state index is 12.6. The second-order valence-corrected chi connectivity index (χ2v) is 8.18. The fraction of sp³-hybridized carbons (Fsp3) is 0.318. The molecule has 2 aromatic rings. The van der Waals surface area contributed by atoms with Gasteiger partial charge in [0.2, 0.25) is 0 Å². The van der Waals surface area contributed by atoms with E-state index in [-0.39, 0.29) is 28.0 Å². The number of aromatic nitrogens is 1. The zero-order valence-electron chi connectivity index (χ0n) is 16.3. The lowest BCUT2D eigenvalue weighted by Gasteiger charge is -2.37. The van der Waals surface area contributed by atoms with E-state index in [1.165, 1.54) is 29.5 Å². The number of carbonyl (C=O) groups excluding carboxylic acids is 1. The summed E-state index contributed by atoms with van der Waals surface area (Å²) < 4.78 is 0. The van der Waals surface area contributed by atoms with E-state index in [9.17, 15) is 9.59 Å². The number of carboxylic acids is 1. The van der Waals surface area contributed by atoms with Crippen LogP contribution in [-0.2, 0) is 10.8 Å². The molecular weight excluding hydrogens is 340 g/mol. The Kier molecular flexibility index (Phi) is 4.42. The number of allylic oxidation sites excluding steroid dienone is 2. The zero-order valence-corrected chi connectivity index (χ0v) is 16.3. The van der Waals surface area contributed by atoms with Crippen LogP contribution >= 0.6 is 0 Å². The van der Waals surface area contributed by atoms with Crippen molar-refractivity contribution in [2.24, 2.45) is 0 Å². The number of nitrogens with zero attached hydrogens (tertiary/aromatic N) is 1. The summed E-state index contributed by atoms with van der Waals surface area (Å²) in [4.78, 5) is 27.5. The number of hydrogen-bond donors (Lipinski definition) is 2. The second-order valence-electron chi connectivity index (χ2n) is 8.18. The Morgan fingerprint density at radius 2 is 1.59 bits per heavy atom. The van der Waals surface area contributed by atoms with Crippen LogP contribution in [0.25, 0.3) is 0 Å². The first-order valence-corrected chi connectivity index (χ1v) is 8.88. The lowest BCUT2D eigenvalue weighted by molar-refractivity contribution is 0.0695. The van der Waals surface area contributed by atoms with E-state index in [2.05, 4.69) is 56.2 Å². The predicted octanol–water partition coefficient (Wildman–Crippen LogP) is 4.47. The van der Waals surface area contributed by atoms with Gasteiger partial charge >= 0.3 is 5.97 Å². The Morgan fingerprint density at radius 3 is 2.11 bits per heavy atom. The summed E-state index contributed by atoms with van der Waals surface area (Å²) in [6.07, 6.45) is 5.64. The van der Waals surface area contributed by atoms with Crippen molar-refractivity contribution in [3.05, 3.63) is 70.6 Å². The molecule has 27 heavy (non-hydrogen) atoms. The number of benzene rings is 1. The first-order chi connectivity index (χ1) is 12.5. The van der Waals surface area contributed by atoms with Gasteiger partial charge in [-0.25, -0.2) is 4.79 Å². The minimum absolute atomic E-state index is 0.0484. The van der Waals surface area contributed by atoms with Crippen molar-refractivity contribution in [1.29, 1.82) is 0 Å². The Hall–Kier alpha value is -2.95. The zero-order chi connectivity index (χ0) is 20.0. The number of carbonyl (C=O) groups is 2. The van der Waals surface area contributed by atoms with Crippen LogP contribution in [0.4, 0.5) is 5.69 Å². The minimum atomic E-state index is -1.07. The fourth-order valence-corrected chi connectivity index (χ4v) is 3.35. The third kappa shape index (κ3) is 3.50. The van der Waals surface area contributed by atoms with E-state index in [1.807, 2.05) is 13.0 Å². The maximum Gasteiger partial charge on any atom is 0.337 e. The van der Waals surface area contributed by atoms with Gasteiger partial charge in [0.15, 0.2) is 0 Å². The van der Waals surface area contributed by atoms with Crippen LogP contribution in [0, 0.1) is 6.92 Å². The molecule has 0 saturated carbocycles. The Bertz CT molecular complexity index is 954. The molecule has 1 aromatic carbocycles. The van der Waals surface area contributed by atoms with Gasteiger partial charge in [-0.2, -0.15) is 0 Å². The van der Waals surface area contributed by atoms with Gasteiger partial charge in [0.25, 0.3) is 5.91 Å². The number of nitrogens with one attached hydrogen (secondary N) is 1. The van der Waals surface area contributed by atoms with Crippen LogP contribution in [-0.4, -0.2) is 22.0 Å². The molecule has 140 valence electrons. The molecule has 1 heterocycles. The van der Waals surface area contributed by atoms with Crippen molar-refractivity contribution in [2.45, 2.75) is 45.4 Å². The minimum Gasteiger partial charge on any atom is -0.478 e. The fourth-order valence-electron chi connectivity index (χ4n) is 3.35.